The molecule has 1 atom stereocenters. The molecular weight excluding hydrogens is 222 g/mol. The third-order valence-corrected chi connectivity index (χ3v) is 3.78. The molecule has 0 radical (unpaired) electrons. The third-order valence-electron chi connectivity index (χ3n) is 2.88. The smallest absolute Gasteiger partial charge is 0.284 e. The minimum absolute atomic E-state index is 0.0781. The monoisotopic (exact) mass is 239 g/mol. The van der Waals surface area contributed by atoms with Gasteiger partial charge in [0, 0.05) is 17.6 Å². The molecule has 1 fully saturated rings. The van der Waals surface area contributed by atoms with Crippen molar-refractivity contribution in [3.63, 3.8) is 0 Å². The van der Waals surface area contributed by atoms with Gasteiger partial charge < -0.3 is 4.90 Å². The molecule has 5 heteroatoms. The lowest BCUT2D eigenvalue weighted by Crippen LogP contribution is -2.43. The number of aromatic nitrogens is 1. The molecule has 0 aliphatic carbocycles. The summed E-state index contributed by atoms with van der Waals surface area (Å²) < 4.78 is 0. The van der Waals surface area contributed by atoms with Gasteiger partial charge in [-0.25, -0.2) is 4.98 Å². The van der Waals surface area contributed by atoms with Gasteiger partial charge in [0.25, 0.3) is 5.91 Å². The van der Waals surface area contributed by atoms with E-state index in [-0.39, 0.29) is 12.1 Å². The lowest BCUT2D eigenvalue weighted by molar-refractivity contribution is 0.0584. The second-order valence-electron chi connectivity index (χ2n) is 4.36. The lowest BCUT2D eigenvalue weighted by atomic mass is 10.3. The van der Waals surface area contributed by atoms with Gasteiger partial charge in [0.05, 0.1) is 6.17 Å². The molecule has 1 unspecified atom stereocenters. The van der Waals surface area contributed by atoms with E-state index in [1.165, 1.54) is 11.3 Å². The molecule has 88 valence electrons. The van der Waals surface area contributed by atoms with E-state index in [9.17, 15) is 4.79 Å². The largest absolute Gasteiger partial charge is 0.321 e. The first-order valence-corrected chi connectivity index (χ1v) is 6.31. The predicted molar refractivity (Wildman–Crippen MR) is 64.6 cm³/mol. The quantitative estimate of drug-likeness (QED) is 0.786. The number of hydrogen-bond donors (Lipinski definition) is 0. The first-order valence-electron chi connectivity index (χ1n) is 5.49. The van der Waals surface area contributed by atoms with Gasteiger partial charge in [-0.3, -0.25) is 9.69 Å². The second-order valence-corrected chi connectivity index (χ2v) is 5.60. The zero-order valence-electron chi connectivity index (χ0n) is 9.93. The molecule has 1 aromatic rings. The van der Waals surface area contributed by atoms with Crippen molar-refractivity contribution in [2.75, 3.05) is 20.6 Å². The van der Waals surface area contributed by atoms with Crippen LogP contribution in [0.5, 0.6) is 0 Å². The Morgan fingerprint density at radius 2 is 2.38 bits per heavy atom. The van der Waals surface area contributed by atoms with Crippen LogP contribution in [0.3, 0.4) is 0 Å². The Kier molecular flexibility index (Phi) is 3.25. The standard InChI is InChI=1S/C11H17N3OS/c1-8-7-12-10(16-8)11(15)14-6-4-5-9(14)13(2)3/h7,9H,4-6H2,1-3H3. The Morgan fingerprint density at radius 1 is 1.62 bits per heavy atom. The number of carbonyl (C=O) groups is 1. The molecule has 2 heterocycles. The number of aryl methyl sites for hydroxylation is 1. The number of amides is 1. The first kappa shape index (κ1) is 11.5. The van der Waals surface area contributed by atoms with Gasteiger partial charge in [0.1, 0.15) is 0 Å². The summed E-state index contributed by atoms with van der Waals surface area (Å²) in [6.45, 7) is 2.82. The van der Waals surface area contributed by atoms with Crippen LogP contribution in [-0.2, 0) is 0 Å². The fraction of sp³-hybridized carbons (Fsp3) is 0.636. The highest BCUT2D eigenvalue weighted by Gasteiger charge is 2.31. The summed E-state index contributed by atoms with van der Waals surface area (Å²) in [6, 6.07) is 0. The lowest BCUT2D eigenvalue weighted by Gasteiger charge is -2.29. The minimum Gasteiger partial charge on any atom is -0.321 e. The Morgan fingerprint density at radius 3 is 2.94 bits per heavy atom. The Balaban J connectivity index is 2.15. The maximum absolute atomic E-state index is 12.2. The fourth-order valence-electron chi connectivity index (χ4n) is 2.10. The number of likely N-dealkylation sites (tertiary alicyclic amines) is 1. The molecule has 4 nitrogen and oxygen atoms in total. The van der Waals surface area contributed by atoms with E-state index in [1.54, 1.807) is 6.20 Å². The first-order chi connectivity index (χ1) is 7.59. The maximum Gasteiger partial charge on any atom is 0.284 e. The van der Waals surface area contributed by atoms with E-state index < -0.39 is 0 Å². The van der Waals surface area contributed by atoms with Crippen LogP contribution in [0.15, 0.2) is 6.20 Å². The summed E-state index contributed by atoms with van der Waals surface area (Å²) in [5.74, 6) is 0.0781. The van der Waals surface area contributed by atoms with Crippen LogP contribution in [0.4, 0.5) is 0 Å². The molecule has 2 rings (SSSR count). The van der Waals surface area contributed by atoms with Crippen LogP contribution in [0.1, 0.15) is 27.5 Å². The van der Waals surface area contributed by atoms with Crippen molar-refractivity contribution >= 4 is 17.2 Å². The molecule has 16 heavy (non-hydrogen) atoms. The highest BCUT2D eigenvalue weighted by atomic mass is 32.1. The summed E-state index contributed by atoms with van der Waals surface area (Å²) in [7, 11) is 4.03. The SMILES string of the molecule is Cc1cnc(C(=O)N2CCCC2N(C)C)s1. The summed E-state index contributed by atoms with van der Waals surface area (Å²) in [6.07, 6.45) is 4.14. The van der Waals surface area contributed by atoms with E-state index in [1.807, 2.05) is 25.9 Å². The van der Waals surface area contributed by atoms with E-state index in [0.29, 0.717) is 5.01 Å². The Hall–Kier alpha value is -0.940. The van der Waals surface area contributed by atoms with Gasteiger partial charge in [-0.1, -0.05) is 0 Å². The van der Waals surface area contributed by atoms with Crippen molar-refractivity contribution in [2.24, 2.45) is 0 Å². The number of thiazole rings is 1. The topological polar surface area (TPSA) is 36.4 Å². The van der Waals surface area contributed by atoms with Crippen LogP contribution >= 0.6 is 11.3 Å². The van der Waals surface area contributed by atoms with E-state index >= 15 is 0 Å². The molecular formula is C11H17N3OS. The second kappa shape index (κ2) is 4.51. The van der Waals surface area contributed by atoms with Crippen LogP contribution in [0.25, 0.3) is 0 Å². The molecule has 1 aliphatic heterocycles. The van der Waals surface area contributed by atoms with Crippen LogP contribution in [-0.4, -0.2) is 47.5 Å². The average Bonchev–Trinajstić information content (AvgIpc) is 2.84. The molecule has 1 amide bonds. The Labute approximate surface area is 99.9 Å². The number of carbonyl (C=O) groups excluding carboxylic acids is 1. The van der Waals surface area contributed by atoms with Crippen molar-refractivity contribution in [2.45, 2.75) is 25.9 Å². The third kappa shape index (κ3) is 2.10. The van der Waals surface area contributed by atoms with E-state index in [0.717, 1.165) is 24.3 Å². The minimum atomic E-state index is 0.0781. The zero-order valence-corrected chi connectivity index (χ0v) is 10.8. The van der Waals surface area contributed by atoms with Crippen molar-refractivity contribution < 1.29 is 4.79 Å². The summed E-state index contributed by atoms with van der Waals surface area (Å²) >= 11 is 1.48. The zero-order chi connectivity index (χ0) is 11.7. The summed E-state index contributed by atoms with van der Waals surface area (Å²) in [5.41, 5.74) is 0. The molecule has 0 spiro atoms. The van der Waals surface area contributed by atoms with Crippen molar-refractivity contribution in [3.05, 3.63) is 16.1 Å². The molecule has 1 aliphatic rings. The number of rotatable bonds is 2. The molecule has 0 saturated carbocycles. The molecule has 0 bridgehead atoms. The highest BCUT2D eigenvalue weighted by molar-refractivity contribution is 7.13. The van der Waals surface area contributed by atoms with Crippen LogP contribution in [0, 0.1) is 6.92 Å². The van der Waals surface area contributed by atoms with Crippen LogP contribution in [0.2, 0.25) is 0 Å². The van der Waals surface area contributed by atoms with Crippen molar-refractivity contribution in [1.29, 1.82) is 0 Å². The molecule has 1 aromatic heterocycles. The average molecular weight is 239 g/mol. The molecule has 0 aromatic carbocycles. The van der Waals surface area contributed by atoms with Gasteiger partial charge >= 0.3 is 0 Å². The molecule has 0 N–H and O–H groups in total. The Bertz CT molecular complexity index is 388. The van der Waals surface area contributed by atoms with Gasteiger partial charge in [-0.2, -0.15) is 0 Å². The van der Waals surface area contributed by atoms with Gasteiger partial charge in [0.15, 0.2) is 5.01 Å². The van der Waals surface area contributed by atoms with E-state index in [2.05, 4.69) is 9.88 Å². The van der Waals surface area contributed by atoms with Gasteiger partial charge in [0.2, 0.25) is 0 Å². The predicted octanol–water partition coefficient (Wildman–Crippen LogP) is 1.58. The number of hydrogen-bond acceptors (Lipinski definition) is 4. The van der Waals surface area contributed by atoms with Gasteiger partial charge in [-0.05, 0) is 33.9 Å². The summed E-state index contributed by atoms with van der Waals surface area (Å²) in [4.78, 5) is 21.5. The maximum atomic E-state index is 12.2. The molecule has 1 saturated heterocycles. The number of nitrogens with zero attached hydrogens (tertiary/aromatic N) is 3. The van der Waals surface area contributed by atoms with Crippen molar-refractivity contribution in [1.82, 2.24) is 14.8 Å². The highest BCUT2D eigenvalue weighted by Crippen LogP contribution is 2.23. The van der Waals surface area contributed by atoms with Crippen LogP contribution < -0.4 is 0 Å². The fourth-order valence-corrected chi connectivity index (χ4v) is 2.82. The summed E-state index contributed by atoms with van der Waals surface area (Å²) in [5, 5.41) is 0.617. The normalized spacial score (nSPS) is 20.8. The van der Waals surface area contributed by atoms with E-state index in [4.69, 9.17) is 0 Å². The van der Waals surface area contributed by atoms with Crippen molar-refractivity contribution in [3.8, 4) is 0 Å². The van der Waals surface area contributed by atoms with Gasteiger partial charge in [-0.15, -0.1) is 11.3 Å².